The lowest BCUT2D eigenvalue weighted by Gasteiger charge is -2.15. The van der Waals surface area contributed by atoms with Gasteiger partial charge in [-0.25, -0.2) is 5.84 Å². The summed E-state index contributed by atoms with van der Waals surface area (Å²) in [6, 6.07) is 1.77. The molecular weight excluding hydrogens is 246 g/mol. The molecule has 7 nitrogen and oxygen atoms in total. The van der Waals surface area contributed by atoms with Gasteiger partial charge in [-0.05, 0) is 13.1 Å². The van der Waals surface area contributed by atoms with Gasteiger partial charge in [0.05, 0.1) is 12.5 Å². The number of nitrogen functional groups attached to an aromatic ring is 1. The summed E-state index contributed by atoms with van der Waals surface area (Å²) in [5, 5.41) is 4.12. The standard InChI is InChI=1S/C12H17N5O2/c1-16(6-9-5-14-17(2)7-9)8-10-3-4-19-11(10)12(18)15-13/h3-5,7H,6,8,13H2,1-2H3,(H,15,18). The molecule has 2 aromatic heterocycles. The predicted molar refractivity (Wildman–Crippen MR) is 68.7 cm³/mol. The number of hydrazine groups is 1. The highest BCUT2D eigenvalue weighted by Crippen LogP contribution is 2.14. The van der Waals surface area contributed by atoms with Gasteiger partial charge < -0.3 is 4.42 Å². The summed E-state index contributed by atoms with van der Waals surface area (Å²) < 4.78 is 6.90. The molecule has 0 aliphatic carbocycles. The maximum absolute atomic E-state index is 11.5. The molecule has 1 amide bonds. The van der Waals surface area contributed by atoms with E-state index in [0.717, 1.165) is 17.7 Å². The summed E-state index contributed by atoms with van der Waals surface area (Å²) in [6.07, 6.45) is 5.26. The number of furan rings is 1. The van der Waals surface area contributed by atoms with Crippen LogP contribution in [-0.4, -0.2) is 27.6 Å². The Bertz CT molecular complexity index is 560. The summed E-state index contributed by atoms with van der Waals surface area (Å²) in [4.78, 5) is 13.5. The highest BCUT2D eigenvalue weighted by molar-refractivity contribution is 5.92. The van der Waals surface area contributed by atoms with Crippen LogP contribution >= 0.6 is 0 Å². The van der Waals surface area contributed by atoms with E-state index in [9.17, 15) is 4.79 Å². The maximum Gasteiger partial charge on any atom is 0.301 e. The zero-order chi connectivity index (χ0) is 13.8. The van der Waals surface area contributed by atoms with Gasteiger partial charge in [-0.15, -0.1) is 0 Å². The third-order valence-electron chi connectivity index (χ3n) is 2.74. The Morgan fingerprint density at radius 1 is 1.58 bits per heavy atom. The Labute approximate surface area is 110 Å². The summed E-state index contributed by atoms with van der Waals surface area (Å²) in [7, 11) is 3.84. The molecule has 19 heavy (non-hydrogen) atoms. The average Bonchev–Trinajstić information content (AvgIpc) is 2.97. The number of carbonyl (C=O) groups is 1. The molecule has 0 unspecified atom stereocenters. The van der Waals surface area contributed by atoms with E-state index in [4.69, 9.17) is 10.3 Å². The fourth-order valence-electron chi connectivity index (χ4n) is 1.94. The molecule has 0 aromatic carbocycles. The topological polar surface area (TPSA) is 89.3 Å². The van der Waals surface area contributed by atoms with Crippen LogP contribution in [0.2, 0.25) is 0 Å². The molecule has 0 radical (unpaired) electrons. The number of nitrogens with one attached hydrogen (secondary N) is 1. The number of hydrogen-bond donors (Lipinski definition) is 2. The fourth-order valence-corrected chi connectivity index (χ4v) is 1.94. The highest BCUT2D eigenvalue weighted by Gasteiger charge is 2.15. The number of rotatable bonds is 5. The van der Waals surface area contributed by atoms with Crippen molar-refractivity contribution in [2.45, 2.75) is 13.1 Å². The lowest BCUT2D eigenvalue weighted by molar-refractivity contribution is 0.0923. The van der Waals surface area contributed by atoms with Crippen molar-refractivity contribution in [3.8, 4) is 0 Å². The SMILES string of the molecule is CN(Cc1cnn(C)c1)Cc1ccoc1C(=O)NN. The molecule has 0 spiro atoms. The second-order valence-electron chi connectivity index (χ2n) is 4.44. The molecular formula is C12H17N5O2. The van der Waals surface area contributed by atoms with Gasteiger partial charge in [0.25, 0.3) is 0 Å². The minimum Gasteiger partial charge on any atom is -0.459 e. The predicted octanol–water partition coefficient (Wildman–Crippen LogP) is 0.249. The summed E-state index contributed by atoms with van der Waals surface area (Å²) >= 11 is 0. The summed E-state index contributed by atoms with van der Waals surface area (Å²) in [5.41, 5.74) is 3.98. The van der Waals surface area contributed by atoms with Gasteiger partial charge in [-0.2, -0.15) is 5.10 Å². The van der Waals surface area contributed by atoms with Gasteiger partial charge in [-0.1, -0.05) is 0 Å². The van der Waals surface area contributed by atoms with Crippen molar-refractivity contribution in [3.63, 3.8) is 0 Å². The van der Waals surface area contributed by atoms with Crippen LogP contribution in [0.1, 0.15) is 21.7 Å². The van der Waals surface area contributed by atoms with Gasteiger partial charge in [0.2, 0.25) is 0 Å². The van der Waals surface area contributed by atoms with Gasteiger partial charge in [0, 0.05) is 37.5 Å². The van der Waals surface area contributed by atoms with E-state index in [1.165, 1.54) is 6.26 Å². The second-order valence-corrected chi connectivity index (χ2v) is 4.44. The van der Waals surface area contributed by atoms with E-state index in [-0.39, 0.29) is 5.76 Å². The molecule has 2 rings (SSSR count). The minimum absolute atomic E-state index is 0.250. The number of nitrogens with zero attached hydrogens (tertiary/aromatic N) is 3. The molecule has 0 aliphatic rings. The van der Waals surface area contributed by atoms with Crippen molar-refractivity contribution in [3.05, 3.63) is 41.6 Å². The quantitative estimate of drug-likeness (QED) is 0.458. The van der Waals surface area contributed by atoms with Crippen LogP contribution in [0.25, 0.3) is 0 Å². The molecule has 0 fully saturated rings. The van der Waals surface area contributed by atoms with E-state index >= 15 is 0 Å². The van der Waals surface area contributed by atoms with Crippen molar-refractivity contribution in [1.29, 1.82) is 0 Å². The molecule has 0 saturated heterocycles. The van der Waals surface area contributed by atoms with Crippen LogP contribution < -0.4 is 11.3 Å². The first kappa shape index (κ1) is 13.3. The number of amides is 1. The van der Waals surface area contributed by atoms with E-state index in [1.807, 2.05) is 26.5 Å². The molecule has 0 bridgehead atoms. The Morgan fingerprint density at radius 3 is 3.00 bits per heavy atom. The largest absolute Gasteiger partial charge is 0.459 e. The van der Waals surface area contributed by atoms with Crippen LogP contribution in [0.15, 0.2) is 29.1 Å². The lowest BCUT2D eigenvalue weighted by Crippen LogP contribution is -2.31. The molecule has 2 heterocycles. The normalized spacial score (nSPS) is 10.9. The first-order valence-corrected chi connectivity index (χ1v) is 5.83. The molecule has 3 N–H and O–H groups in total. The van der Waals surface area contributed by atoms with Crippen LogP contribution in [0.4, 0.5) is 0 Å². The van der Waals surface area contributed by atoms with E-state index in [1.54, 1.807) is 10.7 Å². The van der Waals surface area contributed by atoms with E-state index < -0.39 is 5.91 Å². The lowest BCUT2D eigenvalue weighted by atomic mass is 10.2. The zero-order valence-electron chi connectivity index (χ0n) is 11.0. The smallest absolute Gasteiger partial charge is 0.301 e. The number of aromatic nitrogens is 2. The Hall–Kier alpha value is -2.12. The first-order chi connectivity index (χ1) is 9.10. The van der Waals surface area contributed by atoms with Crippen LogP contribution in [-0.2, 0) is 20.1 Å². The third-order valence-corrected chi connectivity index (χ3v) is 2.74. The van der Waals surface area contributed by atoms with Gasteiger partial charge in [-0.3, -0.25) is 19.8 Å². The molecule has 2 aromatic rings. The molecule has 102 valence electrons. The number of hydrogen-bond acceptors (Lipinski definition) is 5. The average molecular weight is 263 g/mol. The Balaban J connectivity index is 2.01. The Kier molecular flexibility index (Phi) is 3.98. The molecule has 0 saturated carbocycles. The summed E-state index contributed by atoms with van der Waals surface area (Å²) in [6.45, 7) is 1.33. The first-order valence-electron chi connectivity index (χ1n) is 5.83. The van der Waals surface area contributed by atoms with Gasteiger partial charge in [0.1, 0.15) is 0 Å². The van der Waals surface area contributed by atoms with Gasteiger partial charge in [0.15, 0.2) is 5.76 Å². The minimum atomic E-state index is -0.422. The Morgan fingerprint density at radius 2 is 2.37 bits per heavy atom. The van der Waals surface area contributed by atoms with Crippen LogP contribution in [0, 0.1) is 0 Å². The molecule has 0 atom stereocenters. The van der Waals surface area contributed by atoms with Crippen LogP contribution in [0.5, 0.6) is 0 Å². The second kappa shape index (κ2) is 5.68. The third kappa shape index (κ3) is 3.21. The van der Waals surface area contributed by atoms with E-state index in [0.29, 0.717) is 6.54 Å². The zero-order valence-corrected chi connectivity index (χ0v) is 11.0. The molecule has 0 aliphatic heterocycles. The number of aryl methyl sites for hydroxylation is 1. The van der Waals surface area contributed by atoms with Crippen molar-refractivity contribution < 1.29 is 9.21 Å². The maximum atomic E-state index is 11.5. The van der Waals surface area contributed by atoms with Crippen LogP contribution in [0.3, 0.4) is 0 Å². The van der Waals surface area contributed by atoms with Crippen molar-refractivity contribution in [1.82, 2.24) is 20.1 Å². The van der Waals surface area contributed by atoms with E-state index in [2.05, 4.69) is 15.4 Å². The molecule has 7 heteroatoms. The highest BCUT2D eigenvalue weighted by atomic mass is 16.3. The fraction of sp³-hybridized carbons (Fsp3) is 0.333. The summed E-state index contributed by atoms with van der Waals surface area (Å²) in [5.74, 6) is 4.93. The van der Waals surface area contributed by atoms with Crippen molar-refractivity contribution in [2.75, 3.05) is 7.05 Å². The monoisotopic (exact) mass is 263 g/mol. The van der Waals surface area contributed by atoms with Gasteiger partial charge >= 0.3 is 5.91 Å². The van der Waals surface area contributed by atoms with Crippen molar-refractivity contribution >= 4 is 5.91 Å². The van der Waals surface area contributed by atoms with Crippen molar-refractivity contribution in [2.24, 2.45) is 12.9 Å². The number of nitrogens with two attached hydrogens (primary N) is 1. The number of carbonyl (C=O) groups excluding carboxylic acids is 1.